The minimum absolute atomic E-state index is 0.0465. The number of thiophene rings is 1. The molecule has 0 spiro atoms. The van der Waals surface area contributed by atoms with Gasteiger partial charge in [0.2, 0.25) is 0 Å². The van der Waals surface area contributed by atoms with E-state index in [4.69, 9.17) is 9.47 Å². The number of aryl methyl sites for hydroxylation is 2. The van der Waals surface area contributed by atoms with E-state index in [9.17, 15) is 4.79 Å². The van der Waals surface area contributed by atoms with Crippen molar-refractivity contribution in [2.24, 2.45) is 0 Å². The molecular formula is C21H27N3O3S. The monoisotopic (exact) mass is 401 g/mol. The van der Waals surface area contributed by atoms with Crippen LogP contribution in [0.4, 0.5) is 17.1 Å². The Labute approximate surface area is 170 Å². The van der Waals surface area contributed by atoms with Crippen molar-refractivity contribution in [3.05, 3.63) is 39.6 Å². The lowest BCUT2D eigenvalue weighted by Crippen LogP contribution is -2.38. The van der Waals surface area contributed by atoms with E-state index < -0.39 is 0 Å². The van der Waals surface area contributed by atoms with Crippen LogP contribution in [-0.2, 0) is 9.47 Å². The summed E-state index contributed by atoms with van der Waals surface area (Å²) < 4.78 is 11.0. The van der Waals surface area contributed by atoms with E-state index in [1.165, 1.54) is 10.6 Å². The molecule has 2 fully saturated rings. The topological polar surface area (TPSA) is 54.0 Å². The van der Waals surface area contributed by atoms with Crippen molar-refractivity contribution in [2.45, 2.75) is 13.8 Å². The summed E-state index contributed by atoms with van der Waals surface area (Å²) in [6.45, 7) is 10.4. The van der Waals surface area contributed by atoms with Crippen molar-refractivity contribution in [1.82, 2.24) is 0 Å². The number of hydrogen-bond acceptors (Lipinski definition) is 6. The Hall–Kier alpha value is -2.09. The Bertz CT molecular complexity index is 820. The molecule has 2 aliphatic heterocycles. The summed E-state index contributed by atoms with van der Waals surface area (Å²) in [5.74, 6) is -0.0465. The molecule has 0 unspecified atom stereocenters. The minimum Gasteiger partial charge on any atom is -0.378 e. The number of benzene rings is 1. The first kappa shape index (κ1) is 19.2. The molecule has 4 rings (SSSR count). The minimum atomic E-state index is -0.0465. The zero-order chi connectivity index (χ0) is 19.5. The maximum absolute atomic E-state index is 12.8. The van der Waals surface area contributed by atoms with Gasteiger partial charge in [-0.25, -0.2) is 0 Å². The van der Waals surface area contributed by atoms with Crippen LogP contribution >= 0.6 is 11.3 Å². The summed E-state index contributed by atoms with van der Waals surface area (Å²) >= 11 is 1.54. The normalized spacial score (nSPS) is 17.6. The Morgan fingerprint density at radius 2 is 1.61 bits per heavy atom. The van der Waals surface area contributed by atoms with Crippen LogP contribution in [-0.4, -0.2) is 58.5 Å². The van der Waals surface area contributed by atoms with Crippen LogP contribution in [0.25, 0.3) is 0 Å². The summed E-state index contributed by atoms with van der Waals surface area (Å²) in [6.07, 6.45) is 0. The molecule has 2 aromatic rings. The van der Waals surface area contributed by atoms with Gasteiger partial charge in [0, 0.05) is 36.7 Å². The molecule has 0 radical (unpaired) electrons. The van der Waals surface area contributed by atoms with E-state index in [0.29, 0.717) is 13.2 Å². The zero-order valence-electron chi connectivity index (χ0n) is 16.5. The van der Waals surface area contributed by atoms with Crippen molar-refractivity contribution in [1.29, 1.82) is 0 Å². The molecule has 0 aliphatic carbocycles. The highest BCUT2D eigenvalue weighted by molar-refractivity contribution is 7.14. The van der Waals surface area contributed by atoms with Crippen LogP contribution in [0.5, 0.6) is 0 Å². The number of hydrogen-bond donors (Lipinski definition) is 1. The number of morpholine rings is 2. The molecule has 2 aliphatic rings. The van der Waals surface area contributed by atoms with Crippen molar-refractivity contribution in [3.63, 3.8) is 0 Å². The second kappa shape index (κ2) is 8.51. The molecule has 0 atom stereocenters. The van der Waals surface area contributed by atoms with Crippen LogP contribution in [0.1, 0.15) is 20.1 Å². The third-order valence-electron chi connectivity index (χ3n) is 5.35. The van der Waals surface area contributed by atoms with Crippen LogP contribution in [0, 0.1) is 13.8 Å². The summed E-state index contributed by atoms with van der Waals surface area (Å²) in [5.41, 5.74) is 4.25. The maximum atomic E-state index is 12.8. The summed E-state index contributed by atoms with van der Waals surface area (Å²) in [5, 5.41) is 3.14. The first-order valence-corrected chi connectivity index (χ1v) is 10.6. The van der Waals surface area contributed by atoms with Gasteiger partial charge in [0.25, 0.3) is 5.91 Å². The lowest BCUT2D eigenvalue weighted by atomic mass is 10.1. The second-order valence-corrected chi connectivity index (χ2v) is 8.46. The van der Waals surface area contributed by atoms with Gasteiger partial charge >= 0.3 is 0 Å². The Morgan fingerprint density at radius 1 is 0.964 bits per heavy atom. The molecule has 1 N–H and O–H groups in total. The van der Waals surface area contributed by atoms with Gasteiger partial charge in [0.05, 0.1) is 42.7 Å². The van der Waals surface area contributed by atoms with E-state index >= 15 is 0 Å². The SMILES string of the molecule is Cc1cc(C(=O)Nc2ccc(N3CCOCC3)cc2N2CCOCC2)sc1C. The molecular weight excluding hydrogens is 374 g/mol. The lowest BCUT2D eigenvalue weighted by molar-refractivity contribution is 0.103. The molecule has 1 aromatic heterocycles. The van der Waals surface area contributed by atoms with Crippen LogP contribution in [0.15, 0.2) is 24.3 Å². The first-order chi connectivity index (χ1) is 13.6. The molecule has 3 heterocycles. The fourth-order valence-corrected chi connectivity index (χ4v) is 4.51. The van der Waals surface area contributed by atoms with Gasteiger partial charge in [-0.2, -0.15) is 0 Å². The average molecular weight is 402 g/mol. The molecule has 28 heavy (non-hydrogen) atoms. The number of nitrogens with one attached hydrogen (secondary N) is 1. The van der Waals surface area contributed by atoms with Gasteiger partial charge in [0.1, 0.15) is 0 Å². The average Bonchev–Trinajstić information content (AvgIpc) is 3.08. The number of rotatable bonds is 4. The van der Waals surface area contributed by atoms with Gasteiger partial charge in [-0.15, -0.1) is 11.3 Å². The smallest absolute Gasteiger partial charge is 0.265 e. The second-order valence-electron chi connectivity index (χ2n) is 7.20. The number of carbonyl (C=O) groups excluding carboxylic acids is 1. The first-order valence-electron chi connectivity index (χ1n) is 9.79. The van der Waals surface area contributed by atoms with Crippen molar-refractivity contribution < 1.29 is 14.3 Å². The highest BCUT2D eigenvalue weighted by Crippen LogP contribution is 2.33. The van der Waals surface area contributed by atoms with Crippen molar-refractivity contribution >= 4 is 34.3 Å². The van der Waals surface area contributed by atoms with Crippen LogP contribution < -0.4 is 15.1 Å². The molecule has 6 nitrogen and oxygen atoms in total. The van der Waals surface area contributed by atoms with Gasteiger partial charge in [-0.1, -0.05) is 0 Å². The third-order valence-corrected chi connectivity index (χ3v) is 6.50. The number of carbonyl (C=O) groups is 1. The summed E-state index contributed by atoms with van der Waals surface area (Å²) in [6, 6.07) is 8.28. The largest absolute Gasteiger partial charge is 0.378 e. The predicted octanol–water partition coefficient (Wildman–Crippen LogP) is 3.29. The van der Waals surface area contributed by atoms with E-state index in [-0.39, 0.29) is 5.91 Å². The standard InChI is InChI=1S/C21H27N3O3S/c1-15-13-20(28-16(15)2)21(25)22-18-4-3-17(23-5-9-26-10-6-23)14-19(18)24-7-11-27-12-8-24/h3-4,13-14H,5-12H2,1-2H3,(H,22,25). The molecule has 7 heteroatoms. The van der Waals surface area contributed by atoms with E-state index in [2.05, 4.69) is 27.2 Å². The molecule has 150 valence electrons. The van der Waals surface area contributed by atoms with Gasteiger partial charge in [0.15, 0.2) is 0 Å². The quantitative estimate of drug-likeness (QED) is 0.852. The number of anilines is 3. The summed E-state index contributed by atoms with van der Waals surface area (Å²) in [4.78, 5) is 19.4. The van der Waals surface area contributed by atoms with Crippen molar-refractivity contribution in [2.75, 3.05) is 67.7 Å². The fourth-order valence-electron chi connectivity index (χ4n) is 3.58. The highest BCUT2D eigenvalue weighted by Gasteiger charge is 2.20. The molecule has 2 saturated heterocycles. The van der Waals surface area contributed by atoms with Crippen molar-refractivity contribution in [3.8, 4) is 0 Å². The van der Waals surface area contributed by atoms with E-state index in [1.54, 1.807) is 11.3 Å². The molecule has 0 saturated carbocycles. The zero-order valence-corrected chi connectivity index (χ0v) is 17.3. The maximum Gasteiger partial charge on any atom is 0.265 e. The Balaban J connectivity index is 1.61. The van der Waals surface area contributed by atoms with E-state index in [1.807, 2.05) is 26.0 Å². The van der Waals surface area contributed by atoms with Gasteiger partial charge in [-0.3, -0.25) is 4.79 Å². The van der Waals surface area contributed by atoms with Gasteiger partial charge in [-0.05, 0) is 43.7 Å². The summed E-state index contributed by atoms with van der Waals surface area (Å²) in [7, 11) is 0. The molecule has 1 aromatic carbocycles. The molecule has 0 bridgehead atoms. The van der Waals surface area contributed by atoms with E-state index in [0.717, 1.165) is 61.2 Å². The van der Waals surface area contributed by atoms with Gasteiger partial charge < -0.3 is 24.6 Å². The fraction of sp³-hybridized carbons (Fsp3) is 0.476. The number of amides is 1. The lowest BCUT2D eigenvalue weighted by Gasteiger charge is -2.33. The number of ether oxygens (including phenoxy) is 2. The number of nitrogens with zero attached hydrogens (tertiary/aromatic N) is 2. The Kier molecular flexibility index (Phi) is 5.85. The van der Waals surface area contributed by atoms with Crippen LogP contribution in [0.3, 0.4) is 0 Å². The Morgan fingerprint density at radius 3 is 2.21 bits per heavy atom. The third kappa shape index (κ3) is 4.16. The highest BCUT2D eigenvalue weighted by atomic mass is 32.1. The predicted molar refractivity (Wildman–Crippen MR) is 114 cm³/mol. The van der Waals surface area contributed by atoms with Crippen LogP contribution in [0.2, 0.25) is 0 Å². The molecule has 1 amide bonds.